The van der Waals surface area contributed by atoms with Crippen LogP contribution in [-0.4, -0.2) is 43.3 Å². The second kappa shape index (κ2) is 3.42. The van der Waals surface area contributed by atoms with Crippen molar-refractivity contribution >= 4 is 5.78 Å². The second-order valence-corrected chi connectivity index (χ2v) is 5.82. The van der Waals surface area contributed by atoms with Crippen LogP contribution in [0.5, 0.6) is 0 Å². The molecule has 5 nitrogen and oxygen atoms in total. The maximum atomic E-state index is 12.2. The van der Waals surface area contributed by atoms with E-state index in [1.165, 1.54) is 0 Å². The Bertz CT molecular complexity index is 441. The van der Waals surface area contributed by atoms with E-state index in [1.54, 1.807) is 6.08 Å². The van der Waals surface area contributed by atoms with Gasteiger partial charge in [0.05, 0.1) is 19.1 Å². The SMILES string of the molecule is CC1(C)OC[C@H]2O[C@@H]3OCC4=CC(=O)[C@H]([C@@H]2O1)[C@H]43. The summed E-state index contributed by atoms with van der Waals surface area (Å²) in [5.41, 5.74) is 1.06. The van der Waals surface area contributed by atoms with Crippen LogP contribution in [0, 0.1) is 11.8 Å². The van der Waals surface area contributed by atoms with Crippen molar-refractivity contribution in [2.45, 2.75) is 38.1 Å². The van der Waals surface area contributed by atoms with Crippen molar-refractivity contribution in [3.05, 3.63) is 11.6 Å². The molecule has 4 aliphatic rings. The molecule has 4 rings (SSSR count). The summed E-state index contributed by atoms with van der Waals surface area (Å²) in [5, 5.41) is 0. The van der Waals surface area contributed by atoms with Crippen LogP contribution >= 0.6 is 0 Å². The molecule has 18 heavy (non-hydrogen) atoms. The Balaban J connectivity index is 1.70. The zero-order valence-electron chi connectivity index (χ0n) is 10.4. The molecule has 3 saturated heterocycles. The van der Waals surface area contributed by atoms with E-state index in [2.05, 4.69) is 0 Å². The summed E-state index contributed by atoms with van der Waals surface area (Å²) >= 11 is 0. The van der Waals surface area contributed by atoms with Gasteiger partial charge in [-0.1, -0.05) is 0 Å². The number of hydrogen-bond acceptors (Lipinski definition) is 5. The molecule has 0 radical (unpaired) electrons. The van der Waals surface area contributed by atoms with Crippen LogP contribution in [0.4, 0.5) is 0 Å². The Morgan fingerprint density at radius 1 is 1.33 bits per heavy atom. The number of allylic oxidation sites excluding steroid dienone is 1. The fourth-order valence-corrected chi connectivity index (χ4v) is 3.45. The summed E-state index contributed by atoms with van der Waals surface area (Å²) in [6.45, 7) is 4.69. The van der Waals surface area contributed by atoms with E-state index in [0.717, 1.165) is 5.57 Å². The van der Waals surface area contributed by atoms with Crippen LogP contribution in [0.2, 0.25) is 0 Å². The summed E-state index contributed by atoms with van der Waals surface area (Å²) in [5.74, 6) is -0.610. The van der Waals surface area contributed by atoms with Crippen molar-refractivity contribution in [3.63, 3.8) is 0 Å². The number of carbonyl (C=O) groups excluding carboxylic acids is 1. The first-order valence-corrected chi connectivity index (χ1v) is 6.38. The largest absolute Gasteiger partial charge is 0.348 e. The Morgan fingerprint density at radius 2 is 2.17 bits per heavy atom. The highest BCUT2D eigenvalue weighted by molar-refractivity contribution is 5.96. The van der Waals surface area contributed by atoms with Crippen molar-refractivity contribution in [2.75, 3.05) is 13.2 Å². The summed E-state index contributed by atoms with van der Waals surface area (Å²) < 4.78 is 23.0. The molecule has 5 atom stereocenters. The van der Waals surface area contributed by atoms with Gasteiger partial charge in [0.1, 0.15) is 12.2 Å². The quantitative estimate of drug-likeness (QED) is 0.633. The van der Waals surface area contributed by atoms with E-state index < -0.39 is 5.79 Å². The van der Waals surface area contributed by atoms with Gasteiger partial charge in [-0.15, -0.1) is 0 Å². The highest BCUT2D eigenvalue weighted by Crippen LogP contribution is 2.48. The van der Waals surface area contributed by atoms with Crippen molar-refractivity contribution < 1.29 is 23.7 Å². The standard InChI is InChI=1S/C13H16O5/c1-13(2)16-5-8-11(18-13)10-7(14)3-6-4-15-12(17-8)9(6)10/h3,8-12H,4-5H2,1-2H3/t8-,9+,10+,11-,12+/m1/s1. The van der Waals surface area contributed by atoms with E-state index in [1.807, 2.05) is 13.8 Å². The van der Waals surface area contributed by atoms with E-state index >= 15 is 0 Å². The molecule has 0 unspecified atom stereocenters. The van der Waals surface area contributed by atoms with Gasteiger partial charge in [-0.25, -0.2) is 0 Å². The van der Waals surface area contributed by atoms with Crippen molar-refractivity contribution in [3.8, 4) is 0 Å². The molecular weight excluding hydrogens is 236 g/mol. The summed E-state index contributed by atoms with van der Waals surface area (Å²) in [4.78, 5) is 12.2. The molecule has 5 heteroatoms. The zero-order chi connectivity index (χ0) is 12.5. The van der Waals surface area contributed by atoms with E-state index in [0.29, 0.717) is 13.2 Å². The normalized spacial score (nSPS) is 48.7. The topological polar surface area (TPSA) is 54.0 Å². The third-order valence-corrected chi connectivity index (χ3v) is 4.22. The van der Waals surface area contributed by atoms with Gasteiger partial charge in [-0.2, -0.15) is 0 Å². The fourth-order valence-electron chi connectivity index (χ4n) is 3.45. The van der Waals surface area contributed by atoms with Gasteiger partial charge in [-0.05, 0) is 25.5 Å². The lowest BCUT2D eigenvalue weighted by Gasteiger charge is -2.48. The maximum absolute atomic E-state index is 12.2. The molecule has 98 valence electrons. The minimum atomic E-state index is -0.653. The minimum Gasteiger partial charge on any atom is -0.348 e. The van der Waals surface area contributed by atoms with Crippen LogP contribution < -0.4 is 0 Å². The summed E-state index contributed by atoms with van der Waals surface area (Å²) in [6, 6.07) is 0. The average molecular weight is 252 g/mol. The molecule has 0 spiro atoms. The number of ether oxygens (including phenoxy) is 4. The van der Waals surface area contributed by atoms with Crippen LogP contribution in [0.1, 0.15) is 13.8 Å². The molecule has 3 fully saturated rings. The number of hydrogen-bond donors (Lipinski definition) is 0. The Kier molecular flexibility index (Phi) is 2.11. The molecule has 0 saturated carbocycles. The molecule has 3 heterocycles. The van der Waals surface area contributed by atoms with Crippen molar-refractivity contribution in [1.29, 1.82) is 0 Å². The van der Waals surface area contributed by atoms with Gasteiger partial charge in [0.15, 0.2) is 17.9 Å². The van der Waals surface area contributed by atoms with Crippen molar-refractivity contribution in [1.82, 2.24) is 0 Å². The van der Waals surface area contributed by atoms with Crippen LogP contribution in [-0.2, 0) is 23.7 Å². The summed E-state index contributed by atoms with van der Waals surface area (Å²) in [7, 11) is 0. The van der Waals surface area contributed by atoms with E-state index in [4.69, 9.17) is 18.9 Å². The number of carbonyl (C=O) groups is 1. The summed E-state index contributed by atoms with van der Waals surface area (Å²) in [6.07, 6.45) is 0.978. The molecule has 1 aliphatic carbocycles. The third kappa shape index (κ3) is 1.39. The van der Waals surface area contributed by atoms with Gasteiger partial charge in [0.2, 0.25) is 0 Å². The minimum absolute atomic E-state index is 0.0487. The molecule has 0 aromatic carbocycles. The smallest absolute Gasteiger partial charge is 0.166 e. The molecule has 0 N–H and O–H groups in total. The second-order valence-electron chi connectivity index (χ2n) is 5.82. The molecule has 3 aliphatic heterocycles. The zero-order valence-corrected chi connectivity index (χ0v) is 10.4. The Labute approximate surface area is 105 Å². The number of rotatable bonds is 0. The highest BCUT2D eigenvalue weighted by atomic mass is 16.8. The van der Waals surface area contributed by atoms with E-state index in [9.17, 15) is 4.79 Å². The van der Waals surface area contributed by atoms with Gasteiger partial charge in [0.25, 0.3) is 0 Å². The van der Waals surface area contributed by atoms with Gasteiger partial charge in [0, 0.05) is 5.92 Å². The van der Waals surface area contributed by atoms with Gasteiger partial charge >= 0.3 is 0 Å². The highest BCUT2D eigenvalue weighted by Gasteiger charge is 2.58. The monoisotopic (exact) mass is 252 g/mol. The lowest BCUT2D eigenvalue weighted by atomic mass is 9.81. The average Bonchev–Trinajstić information content (AvgIpc) is 2.82. The molecule has 0 aromatic heterocycles. The van der Waals surface area contributed by atoms with Crippen molar-refractivity contribution in [2.24, 2.45) is 11.8 Å². The number of fused-ring (bicyclic) bond motifs is 2. The molecular formula is C13H16O5. The first kappa shape index (κ1) is 11.1. The fraction of sp³-hybridized carbons (Fsp3) is 0.769. The van der Waals surface area contributed by atoms with Crippen LogP contribution in [0.3, 0.4) is 0 Å². The van der Waals surface area contributed by atoms with Crippen LogP contribution in [0.15, 0.2) is 11.6 Å². The molecule has 0 bridgehead atoms. The lowest BCUT2D eigenvalue weighted by molar-refractivity contribution is -0.355. The maximum Gasteiger partial charge on any atom is 0.166 e. The Morgan fingerprint density at radius 3 is 3.00 bits per heavy atom. The molecule has 0 amide bonds. The third-order valence-electron chi connectivity index (χ3n) is 4.22. The first-order chi connectivity index (χ1) is 8.55. The lowest BCUT2D eigenvalue weighted by Crippen LogP contribution is -2.60. The predicted molar refractivity (Wildman–Crippen MR) is 59.6 cm³/mol. The van der Waals surface area contributed by atoms with Gasteiger partial charge < -0.3 is 18.9 Å². The number of ketones is 1. The van der Waals surface area contributed by atoms with Crippen LogP contribution in [0.25, 0.3) is 0 Å². The first-order valence-electron chi connectivity index (χ1n) is 6.38. The van der Waals surface area contributed by atoms with E-state index in [-0.39, 0.29) is 36.1 Å². The molecule has 0 aromatic rings. The predicted octanol–water partition coefficient (Wildman–Crippen LogP) is 0.634. The van der Waals surface area contributed by atoms with Gasteiger partial charge in [-0.3, -0.25) is 4.79 Å². The Hall–Kier alpha value is -0.750.